The molecule has 3 aliphatic heterocycles. The summed E-state index contributed by atoms with van der Waals surface area (Å²) in [5.74, 6) is -0.203. The van der Waals surface area contributed by atoms with Crippen LogP contribution in [0, 0.1) is 5.92 Å². The molecule has 5 rings (SSSR count). The molecule has 0 radical (unpaired) electrons. The van der Waals surface area contributed by atoms with E-state index < -0.39 is 11.0 Å². The Bertz CT molecular complexity index is 888. The molecule has 1 aromatic carbocycles. The number of ether oxygens (including phenoxy) is 2. The van der Waals surface area contributed by atoms with Gasteiger partial charge in [0.05, 0.1) is 19.3 Å². The Labute approximate surface area is 146 Å². The number of H-pyrrole nitrogens is 1. The first kappa shape index (κ1) is 15.2. The zero-order valence-corrected chi connectivity index (χ0v) is 14.4. The molecule has 1 aromatic heterocycles. The van der Waals surface area contributed by atoms with Gasteiger partial charge in [0.1, 0.15) is 5.41 Å². The van der Waals surface area contributed by atoms with E-state index in [-0.39, 0.29) is 11.9 Å². The Morgan fingerprint density at radius 1 is 1.48 bits per heavy atom. The van der Waals surface area contributed by atoms with Crippen molar-refractivity contribution >= 4 is 16.9 Å². The fraction of sp³-hybridized carbons (Fsp3) is 0.450. The maximum absolute atomic E-state index is 13.1. The van der Waals surface area contributed by atoms with Crippen LogP contribution in [-0.2, 0) is 26.2 Å². The first-order chi connectivity index (χ1) is 12.1. The number of nitrogens with zero attached hydrogens (tertiary/aromatic N) is 1. The number of esters is 1. The van der Waals surface area contributed by atoms with Crippen molar-refractivity contribution in [1.82, 2.24) is 9.88 Å². The maximum Gasteiger partial charge on any atom is 0.320 e. The predicted octanol–water partition coefficient (Wildman–Crippen LogP) is 2.37. The molecule has 0 aliphatic carbocycles. The number of aromatic nitrogens is 1. The predicted molar refractivity (Wildman–Crippen MR) is 94.3 cm³/mol. The van der Waals surface area contributed by atoms with Crippen molar-refractivity contribution in [2.24, 2.45) is 5.92 Å². The van der Waals surface area contributed by atoms with E-state index in [4.69, 9.17) is 9.47 Å². The van der Waals surface area contributed by atoms with Crippen LogP contribution in [0.25, 0.3) is 10.9 Å². The zero-order chi connectivity index (χ0) is 17.2. The largest absolute Gasteiger partial charge is 0.468 e. The van der Waals surface area contributed by atoms with E-state index in [0.717, 1.165) is 37.3 Å². The second kappa shape index (κ2) is 4.96. The standard InChI is InChI=1S/C20H22N2O3/c1-3-19-8-9-22-10-14-13-6-4-5-7-15(13)21-17(14)20(12-25-19,16(19)11-22)18(23)24-2/h3-7,16,21H,1,8-12H2,2H3. The molecule has 0 saturated carbocycles. The number of piperidine rings is 1. The van der Waals surface area contributed by atoms with Gasteiger partial charge in [0.2, 0.25) is 0 Å². The summed E-state index contributed by atoms with van der Waals surface area (Å²) in [6.07, 6.45) is 2.77. The molecule has 0 amide bonds. The Balaban J connectivity index is 1.84. The quantitative estimate of drug-likeness (QED) is 0.675. The van der Waals surface area contributed by atoms with Gasteiger partial charge in [-0.3, -0.25) is 9.69 Å². The number of rotatable bonds is 2. The van der Waals surface area contributed by atoms with Crippen LogP contribution in [0.1, 0.15) is 17.7 Å². The van der Waals surface area contributed by atoms with Crippen molar-refractivity contribution in [2.45, 2.75) is 24.0 Å². The minimum Gasteiger partial charge on any atom is -0.468 e. The number of carbonyl (C=O) groups is 1. The smallest absolute Gasteiger partial charge is 0.320 e. The third kappa shape index (κ3) is 1.72. The summed E-state index contributed by atoms with van der Waals surface area (Å²) in [6.45, 7) is 6.99. The molecule has 3 aliphatic rings. The Kier molecular flexibility index (Phi) is 3.01. The molecule has 130 valence electrons. The molecule has 1 N–H and O–H groups in total. The molecule has 4 heterocycles. The summed E-state index contributed by atoms with van der Waals surface area (Å²) >= 11 is 0. The minimum absolute atomic E-state index is 0.00742. The van der Waals surface area contributed by atoms with E-state index in [0.29, 0.717) is 6.61 Å². The van der Waals surface area contributed by atoms with Crippen molar-refractivity contribution < 1.29 is 14.3 Å². The highest BCUT2D eigenvalue weighted by atomic mass is 16.5. The van der Waals surface area contributed by atoms with Crippen LogP contribution in [0.4, 0.5) is 0 Å². The van der Waals surface area contributed by atoms with Gasteiger partial charge < -0.3 is 14.5 Å². The van der Waals surface area contributed by atoms with Crippen molar-refractivity contribution in [1.29, 1.82) is 0 Å². The summed E-state index contributed by atoms with van der Waals surface area (Å²) in [4.78, 5) is 19.1. The second-order valence-electron chi connectivity index (χ2n) is 7.47. The fourth-order valence-electron chi connectivity index (χ4n) is 5.25. The Morgan fingerprint density at radius 3 is 3.12 bits per heavy atom. The van der Waals surface area contributed by atoms with E-state index in [2.05, 4.69) is 28.6 Å². The Morgan fingerprint density at radius 2 is 2.32 bits per heavy atom. The summed E-state index contributed by atoms with van der Waals surface area (Å²) in [5, 5.41) is 1.18. The fourth-order valence-corrected chi connectivity index (χ4v) is 5.25. The molecule has 25 heavy (non-hydrogen) atoms. The van der Waals surface area contributed by atoms with Crippen LogP contribution < -0.4 is 0 Å². The van der Waals surface area contributed by atoms with Gasteiger partial charge >= 0.3 is 5.97 Å². The molecular weight excluding hydrogens is 316 g/mol. The SMILES string of the molecule is C=CC12CCN3Cc4c([nH]c5ccccc45)C(C(=O)OC)(CO1)C2C3. The molecule has 4 atom stereocenters. The van der Waals surface area contributed by atoms with Crippen molar-refractivity contribution in [3.8, 4) is 0 Å². The average Bonchev–Trinajstić information content (AvgIpc) is 3.16. The number of hydrogen-bond acceptors (Lipinski definition) is 4. The van der Waals surface area contributed by atoms with Crippen LogP contribution in [0.15, 0.2) is 36.9 Å². The second-order valence-corrected chi connectivity index (χ2v) is 7.47. The molecule has 2 fully saturated rings. The van der Waals surface area contributed by atoms with Crippen LogP contribution in [0.3, 0.4) is 0 Å². The van der Waals surface area contributed by atoms with Crippen molar-refractivity contribution in [3.63, 3.8) is 0 Å². The van der Waals surface area contributed by atoms with Crippen molar-refractivity contribution in [2.75, 3.05) is 26.8 Å². The highest BCUT2D eigenvalue weighted by Gasteiger charge is 2.66. The Hall–Kier alpha value is -2.11. The molecule has 2 saturated heterocycles. The van der Waals surface area contributed by atoms with Gasteiger partial charge in [-0.2, -0.15) is 0 Å². The van der Waals surface area contributed by atoms with Gasteiger partial charge in [0.25, 0.3) is 0 Å². The van der Waals surface area contributed by atoms with Gasteiger partial charge in [-0.05, 0) is 18.1 Å². The third-order valence-electron chi connectivity index (χ3n) is 6.55. The number of aromatic amines is 1. The number of fused-ring (bicyclic) bond motifs is 5. The highest BCUT2D eigenvalue weighted by molar-refractivity contribution is 5.91. The normalized spacial score (nSPS) is 35.9. The van der Waals surface area contributed by atoms with Gasteiger partial charge in [-0.15, -0.1) is 6.58 Å². The molecule has 2 bridgehead atoms. The molecule has 4 unspecified atom stereocenters. The highest BCUT2D eigenvalue weighted by Crippen LogP contribution is 2.55. The summed E-state index contributed by atoms with van der Waals surface area (Å²) in [7, 11) is 1.47. The molecule has 5 nitrogen and oxygen atoms in total. The van der Waals surface area contributed by atoms with E-state index in [9.17, 15) is 4.79 Å². The lowest BCUT2D eigenvalue weighted by Crippen LogP contribution is -2.55. The molecule has 0 spiro atoms. The number of hydrogen-bond donors (Lipinski definition) is 1. The van der Waals surface area contributed by atoms with Gasteiger partial charge in [-0.1, -0.05) is 24.3 Å². The lowest BCUT2D eigenvalue weighted by Gasteiger charge is -2.43. The van der Waals surface area contributed by atoms with Crippen molar-refractivity contribution in [3.05, 3.63) is 48.2 Å². The van der Waals surface area contributed by atoms with E-state index in [1.165, 1.54) is 18.1 Å². The van der Waals surface area contributed by atoms with E-state index >= 15 is 0 Å². The number of methoxy groups -OCH3 is 1. The lowest BCUT2D eigenvalue weighted by atomic mass is 9.66. The monoisotopic (exact) mass is 338 g/mol. The summed E-state index contributed by atoms with van der Waals surface area (Å²) in [6, 6.07) is 8.26. The van der Waals surface area contributed by atoms with Gasteiger partial charge in [-0.25, -0.2) is 0 Å². The van der Waals surface area contributed by atoms with Gasteiger partial charge in [0.15, 0.2) is 0 Å². The topological polar surface area (TPSA) is 54.6 Å². The summed E-state index contributed by atoms with van der Waals surface area (Å²) < 4.78 is 11.6. The third-order valence-corrected chi connectivity index (χ3v) is 6.55. The number of para-hydroxylation sites is 1. The lowest BCUT2D eigenvalue weighted by molar-refractivity contribution is -0.149. The maximum atomic E-state index is 13.1. The first-order valence-electron chi connectivity index (χ1n) is 8.83. The number of nitrogens with one attached hydrogen (secondary N) is 1. The van der Waals surface area contributed by atoms with Gasteiger partial charge in [0, 0.05) is 42.1 Å². The molecular formula is C20H22N2O3. The minimum atomic E-state index is -0.799. The number of benzene rings is 1. The van der Waals surface area contributed by atoms with Crippen LogP contribution in [-0.4, -0.2) is 48.3 Å². The van der Waals surface area contributed by atoms with E-state index in [1.54, 1.807) is 0 Å². The zero-order valence-electron chi connectivity index (χ0n) is 14.4. The average molecular weight is 338 g/mol. The summed E-state index contributed by atoms with van der Waals surface area (Å²) in [5.41, 5.74) is 1.98. The van der Waals surface area contributed by atoms with E-state index in [1.807, 2.05) is 18.2 Å². The van der Waals surface area contributed by atoms with Crippen LogP contribution in [0.2, 0.25) is 0 Å². The first-order valence-corrected chi connectivity index (χ1v) is 8.83. The molecule has 5 heteroatoms. The number of carbonyl (C=O) groups excluding carboxylic acids is 1. The molecule has 2 aromatic rings. The van der Waals surface area contributed by atoms with Crippen LogP contribution in [0.5, 0.6) is 0 Å². The van der Waals surface area contributed by atoms with Crippen LogP contribution >= 0.6 is 0 Å².